The maximum absolute atomic E-state index is 12.5. The van der Waals surface area contributed by atoms with Crippen LogP contribution in [0.5, 0.6) is 0 Å². The Morgan fingerprint density at radius 2 is 1.70 bits per heavy atom. The lowest BCUT2D eigenvalue weighted by Gasteiger charge is -2.37. The topological polar surface area (TPSA) is 50.8 Å². The normalized spacial score (nSPS) is 21.4. The third kappa shape index (κ3) is 3.67. The van der Waals surface area contributed by atoms with E-state index in [-0.39, 0.29) is 12.1 Å². The molecule has 0 radical (unpaired) electrons. The number of aryl methyl sites for hydroxylation is 2. The van der Waals surface area contributed by atoms with Gasteiger partial charge in [-0.05, 0) is 26.3 Å². The minimum Gasteiger partial charge on any atom is -0.347 e. The quantitative estimate of drug-likeness (QED) is 0.912. The summed E-state index contributed by atoms with van der Waals surface area (Å²) in [6.45, 7) is 8.86. The molecule has 2 amide bonds. The van der Waals surface area contributed by atoms with Gasteiger partial charge in [-0.1, -0.05) is 29.3 Å². The van der Waals surface area contributed by atoms with E-state index in [1.165, 1.54) is 11.1 Å². The molecule has 1 aromatic rings. The van der Waals surface area contributed by atoms with Crippen LogP contribution in [0.4, 0.5) is 4.79 Å². The highest BCUT2D eigenvalue weighted by Gasteiger charge is 2.40. The van der Waals surface area contributed by atoms with E-state index in [1.807, 2.05) is 11.8 Å². The molecule has 23 heavy (non-hydrogen) atoms. The van der Waals surface area contributed by atoms with E-state index < -0.39 is 5.79 Å². The van der Waals surface area contributed by atoms with Gasteiger partial charge in [-0.15, -0.1) is 0 Å². The molecule has 0 aromatic heterocycles. The molecule has 1 atom stereocenters. The Bertz CT molecular complexity index is 551. The van der Waals surface area contributed by atoms with Crippen molar-refractivity contribution in [2.24, 2.45) is 0 Å². The van der Waals surface area contributed by atoms with Gasteiger partial charge in [0.2, 0.25) is 0 Å². The van der Waals surface area contributed by atoms with Crippen LogP contribution in [0.25, 0.3) is 0 Å². The van der Waals surface area contributed by atoms with E-state index in [1.54, 1.807) is 0 Å². The van der Waals surface area contributed by atoms with Crippen LogP contribution in [-0.2, 0) is 9.47 Å². The van der Waals surface area contributed by atoms with Crippen LogP contribution in [0.3, 0.4) is 0 Å². The van der Waals surface area contributed by atoms with Crippen LogP contribution in [-0.4, -0.2) is 43.0 Å². The molecule has 1 unspecified atom stereocenters. The van der Waals surface area contributed by atoms with Crippen LogP contribution in [0.15, 0.2) is 18.2 Å². The number of hydrogen-bond acceptors (Lipinski definition) is 3. The molecule has 2 heterocycles. The molecule has 1 spiro atoms. The number of hydrogen-bond donors (Lipinski definition) is 1. The van der Waals surface area contributed by atoms with Crippen molar-refractivity contribution in [1.29, 1.82) is 0 Å². The first-order chi connectivity index (χ1) is 11.0. The maximum atomic E-state index is 12.5. The lowest BCUT2D eigenvalue weighted by molar-refractivity contribution is -0.181. The van der Waals surface area contributed by atoms with E-state index >= 15 is 0 Å². The molecule has 2 aliphatic heterocycles. The molecule has 5 nitrogen and oxygen atoms in total. The molecule has 126 valence electrons. The largest absolute Gasteiger partial charge is 0.347 e. The number of piperidine rings is 1. The van der Waals surface area contributed by atoms with Crippen molar-refractivity contribution in [3.63, 3.8) is 0 Å². The van der Waals surface area contributed by atoms with Gasteiger partial charge in [-0.2, -0.15) is 0 Å². The van der Waals surface area contributed by atoms with Gasteiger partial charge in [0.15, 0.2) is 5.79 Å². The standard InChI is InChI=1S/C18H26N2O3/c1-13-10-14(2)12-16(11-13)15(3)19-17(21)20-6-4-18(5-7-20)22-8-9-23-18/h10-12,15H,4-9H2,1-3H3,(H,19,21). The Balaban J connectivity index is 1.56. The summed E-state index contributed by atoms with van der Waals surface area (Å²) in [5.41, 5.74) is 3.58. The zero-order valence-corrected chi connectivity index (χ0v) is 14.2. The second-order valence-corrected chi connectivity index (χ2v) is 6.69. The minimum atomic E-state index is -0.434. The zero-order chi connectivity index (χ0) is 16.4. The number of urea groups is 1. The monoisotopic (exact) mass is 318 g/mol. The number of nitrogens with zero attached hydrogens (tertiary/aromatic N) is 1. The summed E-state index contributed by atoms with van der Waals surface area (Å²) in [6.07, 6.45) is 1.50. The van der Waals surface area contributed by atoms with E-state index in [0.717, 1.165) is 18.4 Å². The predicted molar refractivity (Wildman–Crippen MR) is 88.3 cm³/mol. The number of benzene rings is 1. The summed E-state index contributed by atoms with van der Waals surface area (Å²) >= 11 is 0. The number of carbonyl (C=O) groups is 1. The molecule has 3 rings (SSSR count). The number of nitrogens with one attached hydrogen (secondary N) is 1. The molecule has 1 N–H and O–H groups in total. The molecule has 2 saturated heterocycles. The fourth-order valence-electron chi connectivity index (χ4n) is 3.46. The van der Waals surface area contributed by atoms with E-state index in [9.17, 15) is 4.79 Å². The third-order valence-corrected chi connectivity index (χ3v) is 4.71. The Labute approximate surface area is 137 Å². The number of carbonyl (C=O) groups excluding carboxylic acids is 1. The van der Waals surface area contributed by atoms with Gasteiger partial charge in [0.1, 0.15) is 0 Å². The van der Waals surface area contributed by atoms with Gasteiger partial charge in [-0.3, -0.25) is 0 Å². The number of ether oxygens (including phenoxy) is 2. The lowest BCUT2D eigenvalue weighted by atomic mass is 10.0. The predicted octanol–water partition coefficient (Wildman–Crippen LogP) is 2.91. The Morgan fingerprint density at radius 1 is 1.13 bits per heavy atom. The summed E-state index contributed by atoms with van der Waals surface area (Å²) in [6, 6.07) is 6.39. The Morgan fingerprint density at radius 3 is 2.26 bits per heavy atom. The van der Waals surface area contributed by atoms with E-state index in [4.69, 9.17) is 9.47 Å². The second-order valence-electron chi connectivity index (χ2n) is 6.69. The smallest absolute Gasteiger partial charge is 0.317 e. The zero-order valence-electron chi connectivity index (χ0n) is 14.2. The summed E-state index contributed by atoms with van der Waals surface area (Å²) in [5, 5.41) is 3.10. The van der Waals surface area contributed by atoms with Gasteiger partial charge in [0.25, 0.3) is 0 Å². The molecule has 2 fully saturated rings. The first kappa shape index (κ1) is 16.3. The van der Waals surface area contributed by atoms with Gasteiger partial charge < -0.3 is 19.7 Å². The number of rotatable bonds is 2. The van der Waals surface area contributed by atoms with Crippen molar-refractivity contribution in [2.45, 2.75) is 45.4 Å². The summed E-state index contributed by atoms with van der Waals surface area (Å²) < 4.78 is 11.4. The van der Waals surface area contributed by atoms with Crippen molar-refractivity contribution in [2.75, 3.05) is 26.3 Å². The second kappa shape index (κ2) is 6.49. The third-order valence-electron chi connectivity index (χ3n) is 4.71. The fraction of sp³-hybridized carbons (Fsp3) is 0.611. The number of amides is 2. The molecule has 0 aliphatic carbocycles. The van der Waals surface area contributed by atoms with Crippen molar-refractivity contribution in [3.8, 4) is 0 Å². The van der Waals surface area contributed by atoms with Crippen molar-refractivity contribution in [3.05, 3.63) is 34.9 Å². The molecular formula is C18H26N2O3. The van der Waals surface area contributed by atoms with E-state index in [0.29, 0.717) is 26.3 Å². The average Bonchev–Trinajstić information content (AvgIpc) is 2.95. The lowest BCUT2D eigenvalue weighted by Crippen LogP contribution is -2.50. The molecular weight excluding hydrogens is 292 g/mol. The first-order valence-electron chi connectivity index (χ1n) is 8.39. The molecule has 1 aromatic carbocycles. The Hall–Kier alpha value is -1.59. The summed E-state index contributed by atoms with van der Waals surface area (Å²) in [7, 11) is 0. The van der Waals surface area contributed by atoms with Crippen LogP contribution < -0.4 is 5.32 Å². The van der Waals surface area contributed by atoms with Crippen molar-refractivity contribution in [1.82, 2.24) is 10.2 Å². The number of likely N-dealkylation sites (tertiary alicyclic amines) is 1. The highest BCUT2D eigenvalue weighted by atomic mass is 16.7. The van der Waals surface area contributed by atoms with E-state index in [2.05, 4.69) is 37.4 Å². The SMILES string of the molecule is Cc1cc(C)cc(C(C)NC(=O)N2CCC3(CC2)OCCO3)c1. The average molecular weight is 318 g/mol. The van der Waals surface area contributed by atoms with Crippen LogP contribution in [0.1, 0.15) is 42.5 Å². The molecule has 2 aliphatic rings. The Kier molecular flexibility index (Phi) is 4.60. The van der Waals surface area contributed by atoms with Crippen molar-refractivity contribution >= 4 is 6.03 Å². The summed E-state index contributed by atoms with van der Waals surface area (Å²) in [5.74, 6) is -0.434. The van der Waals surface area contributed by atoms with Crippen LogP contribution in [0, 0.1) is 13.8 Å². The highest BCUT2D eigenvalue weighted by molar-refractivity contribution is 5.74. The van der Waals surface area contributed by atoms with Crippen LogP contribution in [0.2, 0.25) is 0 Å². The van der Waals surface area contributed by atoms with Gasteiger partial charge >= 0.3 is 6.03 Å². The molecule has 0 bridgehead atoms. The highest BCUT2D eigenvalue weighted by Crippen LogP contribution is 2.31. The fourth-order valence-corrected chi connectivity index (χ4v) is 3.46. The minimum absolute atomic E-state index is 0.00373. The van der Waals surface area contributed by atoms with Crippen LogP contribution >= 0.6 is 0 Å². The summed E-state index contributed by atoms with van der Waals surface area (Å²) in [4.78, 5) is 14.3. The maximum Gasteiger partial charge on any atom is 0.317 e. The van der Waals surface area contributed by atoms with Gasteiger partial charge in [0, 0.05) is 25.9 Å². The van der Waals surface area contributed by atoms with Gasteiger partial charge in [-0.25, -0.2) is 4.79 Å². The first-order valence-corrected chi connectivity index (χ1v) is 8.39. The van der Waals surface area contributed by atoms with Crippen molar-refractivity contribution < 1.29 is 14.3 Å². The van der Waals surface area contributed by atoms with Gasteiger partial charge in [0.05, 0.1) is 19.3 Å². The molecule has 0 saturated carbocycles. The molecule has 5 heteroatoms.